The second kappa shape index (κ2) is 7.50. The van der Waals surface area contributed by atoms with Gasteiger partial charge in [0.25, 0.3) is 0 Å². The number of nitrogen functional groups attached to an aromatic ring is 1. The van der Waals surface area contributed by atoms with Crippen molar-refractivity contribution in [3.63, 3.8) is 0 Å². The SMILES string of the molecule is CCC(C)(C)OCCCC(=O)Nc1ccc(Cl)cc1N. The fourth-order valence-electron chi connectivity index (χ4n) is 1.54. The van der Waals surface area contributed by atoms with Crippen LogP contribution in [0.3, 0.4) is 0 Å². The quantitative estimate of drug-likeness (QED) is 0.593. The van der Waals surface area contributed by atoms with Crippen molar-refractivity contribution in [2.75, 3.05) is 17.7 Å². The van der Waals surface area contributed by atoms with E-state index < -0.39 is 0 Å². The van der Waals surface area contributed by atoms with Crippen molar-refractivity contribution < 1.29 is 9.53 Å². The van der Waals surface area contributed by atoms with E-state index in [0.29, 0.717) is 35.8 Å². The number of hydrogen-bond donors (Lipinski definition) is 2. The summed E-state index contributed by atoms with van der Waals surface area (Å²) in [6, 6.07) is 5.01. The molecule has 0 unspecified atom stereocenters. The molecule has 0 aromatic heterocycles. The molecule has 0 saturated heterocycles. The highest BCUT2D eigenvalue weighted by atomic mass is 35.5. The predicted octanol–water partition coefficient (Wildman–Crippen LogP) is 3.85. The van der Waals surface area contributed by atoms with Gasteiger partial charge >= 0.3 is 0 Å². The van der Waals surface area contributed by atoms with Crippen LogP contribution in [0.4, 0.5) is 11.4 Å². The van der Waals surface area contributed by atoms with Gasteiger partial charge < -0.3 is 15.8 Å². The van der Waals surface area contributed by atoms with E-state index in [4.69, 9.17) is 22.1 Å². The van der Waals surface area contributed by atoms with Crippen molar-refractivity contribution in [1.82, 2.24) is 0 Å². The molecule has 0 atom stereocenters. The maximum absolute atomic E-state index is 11.8. The van der Waals surface area contributed by atoms with Crippen molar-refractivity contribution in [1.29, 1.82) is 0 Å². The molecule has 20 heavy (non-hydrogen) atoms. The number of anilines is 2. The molecule has 1 rings (SSSR count). The molecular formula is C15H23ClN2O2. The van der Waals surface area contributed by atoms with Crippen LogP contribution in [0, 0.1) is 0 Å². The minimum atomic E-state index is -0.128. The van der Waals surface area contributed by atoms with Gasteiger partial charge in [0.1, 0.15) is 0 Å². The summed E-state index contributed by atoms with van der Waals surface area (Å²) in [5.41, 5.74) is 6.71. The Kier molecular flexibility index (Phi) is 6.30. The fourth-order valence-corrected chi connectivity index (χ4v) is 1.72. The monoisotopic (exact) mass is 298 g/mol. The zero-order chi connectivity index (χ0) is 15.2. The Morgan fingerprint density at radius 2 is 2.15 bits per heavy atom. The molecule has 1 aromatic carbocycles. The zero-order valence-corrected chi connectivity index (χ0v) is 13.1. The summed E-state index contributed by atoms with van der Waals surface area (Å²) in [6.45, 7) is 6.74. The highest BCUT2D eigenvalue weighted by Crippen LogP contribution is 2.22. The van der Waals surface area contributed by atoms with Crippen LogP contribution in [0.15, 0.2) is 18.2 Å². The molecule has 4 nitrogen and oxygen atoms in total. The molecule has 0 bridgehead atoms. The number of amides is 1. The topological polar surface area (TPSA) is 64.3 Å². The Morgan fingerprint density at radius 1 is 1.45 bits per heavy atom. The molecule has 112 valence electrons. The first-order chi connectivity index (χ1) is 9.34. The van der Waals surface area contributed by atoms with E-state index in [1.165, 1.54) is 0 Å². The van der Waals surface area contributed by atoms with E-state index in [1.807, 2.05) is 13.8 Å². The summed E-state index contributed by atoms with van der Waals surface area (Å²) in [5, 5.41) is 3.32. The molecule has 3 N–H and O–H groups in total. The van der Waals surface area contributed by atoms with E-state index in [1.54, 1.807) is 18.2 Å². The van der Waals surface area contributed by atoms with Crippen LogP contribution >= 0.6 is 11.6 Å². The van der Waals surface area contributed by atoms with Crippen LogP contribution in [0.25, 0.3) is 0 Å². The molecule has 0 aliphatic rings. The lowest BCUT2D eigenvalue weighted by atomic mass is 10.1. The Labute approximate surface area is 125 Å². The minimum Gasteiger partial charge on any atom is -0.397 e. The van der Waals surface area contributed by atoms with Crippen LogP contribution in [-0.2, 0) is 9.53 Å². The third-order valence-corrected chi connectivity index (χ3v) is 3.42. The first-order valence-corrected chi connectivity index (χ1v) is 7.20. The second-order valence-electron chi connectivity index (χ2n) is 5.35. The number of carbonyl (C=O) groups is 1. The molecule has 0 saturated carbocycles. The lowest BCUT2D eigenvalue weighted by Crippen LogP contribution is -2.24. The average Bonchev–Trinajstić information content (AvgIpc) is 2.38. The molecule has 0 fully saturated rings. The molecule has 0 aliphatic carbocycles. The van der Waals surface area contributed by atoms with Gasteiger partial charge in [-0.2, -0.15) is 0 Å². The van der Waals surface area contributed by atoms with Gasteiger partial charge in [-0.3, -0.25) is 4.79 Å². The number of rotatable bonds is 7. The van der Waals surface area contributed by atoms with Gasteiger partial charge in [0, 0.05) is 18.1 Å². The Morgan fingerprint density at radius 3 is 2.75 bits per heavy atom. The number of ether oxygens (including phenoxy) is 1. The molecule has 1 aromatic rings. The van der Waals surface area contributed by atoms with E-state index in [9.17, 15) is 4.79 Å². The standard InChI is InChI=1S/C15H23ClN2O2/c1-4-15(2,3)20-9-5-6-14(19)18-13-8-7-11(16)10-12(13)17/h7-8,10H,4-6,9,17H2,1-3H3,(H,18,19). The smallest absolute Gasteiger partial charge is 0.224 e. The first-order valence-electron chi connectivity index (χ1n) is 6.83. The average molecular weight is 299 g/mol. The van der Waals surface area contributed by atoms with Crippen molar-refractivity contribution in [2.45, 2.75) is 45.6 Å². The van der Waals surface area contributed by atoms with Crippen molar-refractivity contribution in [3.8, 4) is 0 Å². The van der Waals surface area contributed by atoms with Gasteiger partial charge in [0.2, 0.25) is 5.91 Å². The number of nitrogens with one attached hydrogen (secondary N) is 1. The Hall–Kier alpha value is -1.26. The summed E-state index contributed by atoms with van der Waals surface area (Å²) < 4.78 is 5.70. The lowest BCUT2D eigenvalue weighted by Gasteiger charge is -2.23. The third-order valence-electron chi connectivity index (χ3n) is 3.18. The third kappa shape index (κ3) is 5.80. The Bertz CT molecular complexity index is 461. The summed E-state index contributed by atoms with van der Waals surface area (Å²) >= 11 is 5.80. The number of hydrogen-bond acceptors (Lipinski definition) is 3. The Balaban J connectivity index is 2.34. The number of halogens is 1. The van der Waals surface area contributed by atoms with E-state index in [2.05, 4.69) is 12.2 Å². The summed E-state index contributed by atoms with van der Waals surface area (Å²) in [5.74, 6) is -0.0723. The molecule has 1 amide bonds. The van der Waals surface area contributed by atoms with Gasteiger partial charge in [0.05, 0.1) is 17.0 Å². The highest BCUT2D eigenvalue weighted by molar-refractivity contribution is 6.31. The van der Waals surface area contributed by atoms with Gasteiger partial charge in [-0.05, 0) is 44.9 Å². The van der Waals surface area contributed by atoms with Gasteiger partial charge in [0.15, 0.2) is 0 Å². The molecule has 5 heteroatoms. The normalized spacial score (nSPS) is 11.4. The molecular weight excluding hydrogens is 276 g/mol. The van der Waals surface area contributed by atoms with Crippen molar-refractivity contribution in [2.24, 2.45) is 0 Å². The lowest BCUT2D eigenvalue weighted by molar-refractivity contribution is -0.117. The summed E-state index contributed by atoms with van der Waals surface area (Å²) in [4.78, 5) is 11.8. The number of nitrogens with two attached hydrogens (primary N) is 1. The van der Waals surface area contributed by atoms with Crippen LogP contribution < -0.4 is 11.1 Å². The van der Waals surface area contributed by atoms with Crippen LogP contribution in [0.5, 0.6) is 0 Å². The van der Waals surface area contributed by atoms with Gasteiger partial charge in [-0.15, -0.1) is 0 Å². The van der Waals surface area contributed by atoms with Crippen LogP contribution in [0.1, 0.15) is 40.0 Å². The molecule has 0 aliphatic heterocycles. The van der Waals surface area contributed by atoms with Crippen LogP contribution in [0.2, 0.25) is 5.02 Å². The number of carbonyl (C=O) groups excluding carboxylic acids is 1. The fraction of sp³-hybridized carbons (Fsp3) is 0.533. The van der Waals surface area contributed by atoms with Gasteiger partial charge in [-0.25, -0.2) is 0 Å². The maximum atomic E-state index is 11.8. The molecule has 0 radical (unpaired) electrons. The largest absolute Gasteiger partial charge is 0.397 e. The van der Waals surface area contributed by atoms with Crippen molar-refractivity contribution in [3.05, 3.63) is 23.2 Å². The maximum Gasteiger partial charge on any atom is 0.224 e. The first kappa shape index (κ1) is 16.8. The van der Waals surface area contributed by atoms with E-state index in [0.717, 1.165) is 6.42 Å². The van der Waals surface area contributed by atoms with E-state index in [-0.39, 0.29) is 11.5 Å². The summed E-state index contributed by atoms with van der Waals surface area (Å²) in [7, 11) is 0. The number of benzene rings is 1. The second-order valence-corrected chi connectivity index (χ2v) is 5.78. The van der Waals surface area contributed by atoms with E-state index >= 15 is 0 Å². The summed E-state index contributed by atoms with van der Waals surface area (Å²) in [6.07, 6.45) is 2.03. The van der Waals surface area contributed by atoms with Gasteiger partial charge in [-0.1, -0.05) is 18.5 Å². The van der Waals surface area contributed by atoms with Crippen LogP contribution in [-0.4, -0.2) is 18.1 Å². The zero-order valence-electron chi connectivity index (χ0n) is 12.3. The van der Waals surface area contributed by atoms with Crippen molar-refractivity contribution >= 4 is 28.9 Å². The minimum absolute atomic E-state index is 0.0723. The molecule has 0 spiro atoms. The highest BCUT2D eigenvalue weighted by Gasteiger charge is 2.15. The predicted molar refractivity (Wildman–Crippen MR) is 84.1 cm³/mol. The molecule has 0 heterocycles.